The topological polar surface area (TPSA) is 108 Å². The number of benzene rings is 2. The van der Waals surface area contributed by atoms with Crippen LogP contribution in [-0.2, 0) is 14.3 Å². The predicted octanol–water partition coefficient (Wildman–Crippen LogP) is 4.93. The van der Waals surface area contributed by atoms with Gasteiger partial charge in [-0.05, 0) is 44.2 Å². The summed E-state index contributed by atoms with van der Waals surface area (Å²) in [6, 6.07) is 6.42. The minimum Gasteiger partial charge on any atom is -0.464 e. The quantitative estimate of drug-likeness (QED) is 0.202. The Morgan fingerprint density at radius 2 is 1.65 bits per heavy atom. The van der Waals surface area contributed by atoms with Crippen LogP contribution in [0.5, 0.6) is 17.2 Å². The fourth-order valence-electron chi connectivity index (χ4n) is 2.85. The summed E-state index contributed by atoms with van der Waals surface area (Å²) in [5.74, 6) is -1.97. The van der Waals surface area contributed by atoms with Crippen LogP contribution in [0.15, 0.2) is 42.5 Å². The number of nitrogens with zero attached hydrogens (tertiary/aromatic N) is 2. The monoisotopic (exact) mass is 488 g/mol. The van der Waals surface area contributed by atoms with Crippen molar-refractivity contribution < 1.29 is 46.3 Å². The molecule has 0 radical (unpaired) electrons. The van der Waals surface area contributed by atoms with Crippen molar-refractivity contribution >= 4 is 23.3 Å². The van der Waals surface area contributed by atoms with Crippen LogP contribution in [0.25, 0.3) is 0 Å². The molecule has 1 unspecified atom stereocenters. The molecule has 0 N–H and O–H groups in total. The number of hydrogen-bond donors (Lipinski definition) is 0. The highest BCUT2D eigenvalue weighted by molar-refractivity contribution is 6.00. The zero-order valence-corrected chi connectivity index (χ0v) is 18.2. The molecular formula is C21H20F4N2O7. The molecule has 0 saturated carbocycles. The van der Waals surface area contributed by atoms with E-state index < -0.39 is 46.8 Å². The fourth-order valence-corrected chi connectivity index (χ4v) is 2.85. The minimum absolute atomic E-state index is 0.00510. The first-order chi connectivity index (χ1) is 15.9. The van der Waals surface area contributed by atoms with Crippen LogP contribution in [0.2, 0.25) is 0 Å². The van der Waals surface area contributed by atoms with Crippen molar-refractivity contribution in [3.05, 3.63) is 52.6 Å². The smallest absolute Gasteiger partial charge is 0.461 e. The number of nitro groups is 1. The van der Waals surface area contributed by atoms with Crippen LogP contribution in [0.4, 0.5) is 28.9 Å². The number of esters is 1. The van der Waals surface area contributed by atoms with E-state index in [4.69, 9.17) is 9.47 Å². The van der Waals surface area contributed by atoms with E-state index in [1.54, 1.807) is 6.92 Å². The minimum atomic E-state index is -4.68. The summed E-state index contributed by atoms with van der Waals surface area (Å²) in [6.07, 6.45) is -8.70. The molecule has 1 amide bonds. The summed E-state index contributed by atoms with van der Waals surface area (Å²) in [6.45, 7) is 4.04. The van der Waals surface area contributed by atoms with Crippen molar-refractivity contribution in [2.24, 2.45) is 0 Å². The van der Waals surface area contributed by atoms with Gasteiger partial charge < -0.3 is 14.2 Å². The van der Waals surface area contributed by atoms with E-state index in [9.17, 15) is 37.3 Å². The summed E-state index contributed by atoms with van der Waals surface area (Å²) in [5, 5.41) is 11.5. The summed E-state index contributed by atoms with van der Waals surface area (Å²) in [7, 11) is 0. The molecule has 1 atom stereocenters. The molecule has 13 heteroatoms. The Hall–Kier alpha value is -3.90. The lowest BCUT2D eigenvalue weighted by molar-refractivity contribution is -0.384. The molecule has 2 aromatic rings. The maximum Gasteiger partial charge on any atom is 0.461 e. The van der Waals surface area contributed by atoms with E-state index in [0.717, 1.165) is 48.2 Å². The number of carbonyl (C=O) groups is 2. The van der Waals surface area contributed by atoms with E-state index in [-0.39, 0.29) is 23.8 Å². The highest BCUT2D eigenvalue weighted by Crippen LogP contribution is 2.36. The van der Waals surface area contributed by atoms with Gasteiger partial charge in [0.05, 0.1) is 11.5 Å². The van der Waals surface area contributed by atoms with Gasteiger partial charge in [0, 0.05) is 19.1 Å². The molecule has 0 heterocycles. The van der Waals surface area contributed by atoms with Crippen molar-refractivity contribution in [2.45, 2.75) is 39.3 Å². The van der Waals surface area contributed by atoms with E-state index >= 15 is 0 Å². The molecule has 9 nitrogen and oxygen atoms in total. The van der Waals surface area contributed by atoms with Crippen molar-refractivity contribution in [1.29, 1.82) is 0 Å². The van der Waals surface area contributed by atoms with Gasteiger partial charge in [0.2, 0.25) is 5.91 Å². The normalized spacial score (nSPS) is 12.1. The zero-order chi connectivity index (χ0) is 25.6. The van der Waals surface area contributed by atoms with Gasteiger partial charge in [0.1, 0.15) is 29.0 Å². The Kier molecular flexibility index (Phi) is 8.38. The number of anilines is 1. The van der Waals surface area contributed by atoms with E-state index in [1.807, 2.05) is 0 Å². The number of alkyl halides is 4. The molecule has 0 aliphatic heterocycles. The van der Waals surface area contributed by atoms with Crippen molar-refractivity contribution in [2.75, 3.05) is 11.5 Å². The maximum atomic E-state index is 13.0. The first kappa shape index (κ1) is 26.4. The third-order valence-electron chi connectivity index (χ3n) is 4.32. The van der Waals surface area contributed by atoms with Crippen LogP contribution >= 0.6 is 0 Å². The predicted molar refractivity (Wildman–Crippen MR) is 110 cm³/mol. The molecule has 0 fully saturated rings. The third kappa shape index (κ3) is 6.33. The molecule has 0 saturated heterocycles. The number of nitro benzene ring substituents is 1. The Morgan fingerprint density at radius 1 is 1.09 bits per heavy atom. The molecule has 0 aliphatic carbocycles. The second kappa shape index (κ2) is 10.8. The first-order valence-electron chi connectivity index (χ1n) is 9.75. The first-order valence-corrected chi connectivity index (χ1v) is 9.75. The lowest BCUT2D eigenvalue weighted by atomic mass is 10.1. The van der Waals surface area contributed by atoms with Gasteiger partial charge in [0.15, 0.2) is 0 Å². The Balaban J connectivity index is 2.36. The van der Waals surface area contributed by atoms with Crippen molar-refractivity contribution in [3.63, 3.8) is 0 Å². The highest BCUT2D eigenvalue weighted by atomic mass is 19.3. The second-order valence-corrected chi connectivity index (χ2v) is 6.76. The molecule has 2 rings (SSSR count). The van der Waals surface area contributed by atoms with E-state index in [1.165, 1.54) is 13.0 Å². The Bertz CT molecular complexity index is 1050. The van der Waals surface area contributed by atoms with Crippen LogP contribution in [0.3, 0.4) is 0 Å². The van der Waals surface area contributed by atoms with Crippen LogP contribution in [0.1, 0.15) is 20.8 Å². The maximum absolute atomic E-state index is 13.0. The van der Waals surface area contributed by atoms with Crippen LogP contribution in [-0.4, -0.2) is 42.0 Å². The van der Waals surface area contributed by atoms with Gasteiger partial charge in [-0.2, -0.15) is 17.6 Å². The standard InChI is InChI=1S/C21H20F4N2O7/c1-4-32-19(29)12(2)26(13(3)28)18-11-16(9-10-17(18)27(30)31)33-14-5-7-15(8-6-14)34-21(24,25)20(22)23/h5-12,20H,4H2,1-3H3. The highest BCUT2D eigenvalue weighted by Gasteiger charge is 2.44. The SMILES string of the molecule is CCOC(=O)C(C)N(C(C)=O)c1cc(Oc2ccc(OC(F)(F)C(F)F)cc2)ccc1[N+](=O)[O-]. The molecular weight excluding hydrogens is 468 g/mol. The largest absolute Gasteiger partial charge is 0.464 e. The average molecular weight is 488 g/mol. The van der Waals surface area contributed by atoms with E-state index in [0.29, 0.717) is 0 Å². The van der Waals surface area contributed by atoms with Crippen LogP contribution in [0, 0.1) is 10.1 Å². The van der Waals surface area contributed by atoms with Crippen molar-refractivity contribution in [3.8, 4) is 17.2 Å². The Morgan fingerprint density at radius 3 is 2.15 bits per heavy atom. The lowest BCUT2D eigenvalue weighted by Crippen LogP contribution is -2.43. The average Bonchev–Trinajstić information content (AvgIpc) is 2.74. The molecule has 2 aromatic carbocycles. The van der Waals surface area contributed by atoms with Gasteiger partial charge in [-0.3, -0.25) is 19.8 Å². The van der Waals surface area contributed by atoms with Gasteiger partial charge in [-0.1, -0.05) is 0 Å². The number of halogens is 4. The molecule has 0 spiro atoms. The lowest BCUT2D eigenvalue weighted by Gasteiger charge is -2.26. The summed E-state index contributed by atoms with van der Waals surface area (Å²) in [5.41, 5.74) is -0.733. The summed E-state index contributed by atoms with van der Waals surface area (Å²) >= 11 is 0. The van der Waals surface area contributed by atoms with Gasteiger partial charge in [-0.15, -0.1) is 0 Å². The number of carbonyl (C=O) groups excluding carboxylic acids is 2. The Labute approximate surface area is 191 Å². The molecule has 184 valence electrons. The van der Waals surface area contributed by atoms with Crippen LogP contribution < -0.4 is 14.4 Å². The molecule has 0 aliphatic rings. The molecule has 0 aromatic heterocycles. The number of amides is 1. The number of rotatable bonds is 10. The number of hydrogen-bond acceptors (Lipinski definition) is 7. The molecule has 34 heavy (non-hydrogen) atoms. The number of ether oxygens (including phenoxy) is 3. The summed E-state index contributed by atoms with van der Waals surface area (Å²) in [4.78, 5) is 36.1. The molecule has 0 bridgehead atoms. The van der Waals surface area contributed by atoms with E-state index in [2.05, 4.69) is 4.74 Å². The third-order valence-corrected chi connectivity index (χ3v) is 4.32. The fraction of sp³-hybridized carbons (Fsp3) is 0.333. The zero-order valence-electron chi connectivity index (χ0n) is 18.2. The van der Waals surface area contributed by atoms with Gasteiger partial charge >= 0.3 is 18.5 Å². The second-order valence-electron chi connectivity index (χ2n) is 6.76. The van der Waals surface area contributed by atoms with Gasteiger partial charge in [0.25, 0.3) is 5.69 Å². The van der Waals surface area contributed by atoms with Crippen molar-refractivity contribution in [1.82, 2.24) is 0 Å². The summed E-state index contributed by atoms with van der Waals surface area (Å²) < 4.78 is 64.9. The van der Waals surface area contributed by atoms with Gasteiger partial charge in [-0.25, -0.2) is 4.79 Å².